The van der Waals surface area contributed by atoms with Crippen LogP contribution >= 0.6 is 23.8 Å². The molecule has 0 radical (unpaired) electrons. The van der Waals surface area contributed by atoms with Crippen molar-refractivity contribution >= 4 is 40.3 Å². The Morgan fingerprint density at radius 3 is 2.80 bits per heavy atom. The molecule has 2 aromatic rings. The summed E-state index contributed by atoms with van der Waals surface area (Å²) in [7, 11) is 0. The summed E-state index contributed by atoms with van der Waals surface area (Å²) in [6.45, 7) is 4.76. The van der Waals surface area contributed by atoms with Crippen molar-refractivity contribution in [2.45, 2.75) is 20.4 Å². The van der Waals surface area contributed by atoms with Gasteiger partial charge in [0.2, 0.25) is 0 Å². The first kappa shape index (κ1) is 14.7. The van der Waals surface area contributed by atoms with Gasteiger partial charge >= 0.3 is 0 Å². The van der Waals surface area contributed by atoms with E-state index in [1.54, 1.807) is 12.3 Å². The Morgan fingerprint density at radius 2 is 2.20 bits per heavy atom. The van der Waals surface area contributed by atoms with Crippen LogP contribution in [0.5, 0.6) is 0 Å². The second kappa shape index (κ2) is 6.19. The predicted octanol–water partition coefficient (Wildman–Crippen LogP) is 3.81. The van der Waals surface area contributed by atoms with Gasteiger partial charge in [0.1, 0.15) is 5.82 Å². The molecule has 7 heteroatoms. The third kappa shape index (κ3) is 3.26. The lowest BCUT2D eigenvalue weighted by molar-refractivity contribution is 0.628. The molecular formula is C13H14ClFN4S. The summed E-state index contributed by atoms with van der Waals surface area (Å²) in [5.41, 5.74) is 2.45. The molecular weight excluding hydrogens is 299 g/mol. The van der Waals surface area contributed by atoms with E-state index in [4.69, 9.17) is 23.8 Å². The Hall–Kier alpha value is -1.66. The zero-order chi connectivity index (χ0) is 14.7. The summed E-state index contributed by atoms with van der Waals surface area (Å²) in [6.07, 6.45) is 1.71. The van der Waals surface area contributed by atoms with E-state index in [1.165, 1.54) is 12.1 Å². The maximum absolute atomic E-state index is 13.1. The molecule has 1 aromatic heterocycles. The van der Waals surface area contributed by atoms with Crippen molar-refractivity contribution in [2.24, 2.45) is 0 Å². The summed E-state index contributed by atoms with van der Waals surface area (Å²) < 4.78 is 14.9. The second-order valence-electron chi connectivity index (χ2n) is 4.17. The molecule has 0 spiro atoms. The van der Waals surface area contributed by atoms with Gasteiger partial charge in [-0.1, -0.05) is 11.6 Å². The molecule has 0 saturated heterocycles. The van der Waals surface area contributed by atoms with Crippen molar-refractivity contribution in [3.8, 4) is 0 Å². The van der Waals surface area contributed by atoms with E-state index >= 15 is 0 Å². The maximum atomic E-state index is 13.1. The van der Waals surface area contributed by atoms with Crippen molar-refractivity contribution in [1.29, 1.82) is 0 Å². The van der Waals surface area contributed by atoms with Crippen LogP contribution < -0.4 is 10.6 Å². The number of hydrogen-bond donors (Lipinski definition) is 2. The van der Waals surface area contributed by atoms with Crippen LogP contribution in [0.2, 0.25) is 5.02 Å². The zero-order valence-corrected chi connectivity index (χ0v) is 12.6. The first-order chi connectivity index (χ1) is 9.51. The van der Waals surface area contributed by atoms with E-state index in [0.29, 0.717) is 10.8 Å². The van der Waals surface area contributed by atoms with Gasteiger partial charge in [0, 0.05) is 12.2 Å². The van der Waals surface area contributed by atoms with Gasteiger partial charge in [-0.3, -0.25) is 4.68 Å². The molecule has 0 aliphatic carbocycles. The van der Waals surface area contributed by atoms with Crippen LogP contribution in [0.4, 0.5) is 15.8 Å². The van der Waals surface area contributed by atoms with Crippen molar-refractivity contribution in [3.63, 3.8) is 0 Å². The smallest absolute Gasteiger partial charge is 0.175 e. The molecule has 0 fully saturated rings. The molecule has 20 heavy (non-hydrogen) atoms. The normalized spacial score (nSPS) is 10.4. The molecule has 2 rings (SSSR count). The molecule has 0 bridgehead atoms. The van der Waals surface area contributed by atoms with Crippen molar-refractivity contribution in [2.75, 3.05) is 10.6 Å². The Kier molecular flexibility index (Phi) is 4.57. The molecule has 1 aromatic carbocycles. The summed E-state index contributed by atoms with van der Waals surface area (Å²) in [4.78, 5) is 0. The van der Waals surface area contributed by atoms with E-state index in [-0.39, 0.29) is 5.02 Å². The average Bonchev–Trinajstić information content (AvgIpc) is 2.75. The first-order valence-corrected chi connectivity index (χ1v) is 6.85. The summed E-state index contributed by atoms with van der Waals surface area (Å²) >= 11 is 10.9. The topological polar surface area (TPSA) is 41.9 Å². The van der Waals surface area contributed by atoms with Crippen LogP contribution in [0.1, 0.15) is 12.6 Å². The van der Waals surface area contributed by atoms with Gasteiger partial charge < -0.3 is 10.6 Å². The number of rotatable bonds is 3. The molecule has 4 nitrogen and oxygen atoms in total. The van der Waals surface area contributed by atoms with Gasteiger partial charge in [0.25, 0.3) is 0 Å². The fourth-order valence-electron chi connectivity index (χ4n) is 1.75. The highest BCUT2D eigenvalue weighted by molar-refractivity contribution is 7.80. The largest absolute Gasteiger partial charge is 0.332 e. The average molecular weight is 313 g/mol. The SMILES string of the molecule is CCn1ncc(NC(=S)Nc2ccc(F)c(Cl)c2)c1C. The summed E-state index contributed by atoms with van der Waals surface area (Å²) in [5, 5.41) is 10.7. The molecule has 0 aliphatic heterocycles. The first-order valence-electron chi connectivity index (χ1n) is 6.06. The van der Waals surface area contributed by atoms with Gasteiger partial charge in [-0.2, -0.15) is 5.10 Å². The number of nitrogens with zero attached hydrogens (tertiary/aromatic N) is 2. The molecule has 106 valence electrons. The number of nitrogens with one attached hydrogen (secondary N) is 2. The Morgan fingerprint density at radius 1 is 1.45 bits per heavy atom. The van der Waals surface area contributed by atoms with Crippen molar-refractivity contribution in [1.82, 2.24) is 9.78 Å². The molecule has 0 unspecified atom stereocenters. The molecule has 0 amide bonds. The van der Waals surface area contributed by atoms with Crippen LogP contribution in [-0.4, -0.2) is 14.9 Å². The van der Waals surface area contributed by atoms with E-state index in [9.17, 15) is 4.39 Å². The predicted molar refractivity (Wildman–Crippen MR) is 83.9 cm³/mol. The number of aryl methyl sites for hydroxylation is 1. The zero-order valence-electron chi connectivity index (χ0n) is 11.1. The third-order valence-corrected chi connectivity index (χ3v) is 3.32. The summed E-state index contributed by atoms with van der Waals surface area (Å²) in [5.74, 6) is -0.462. The van der Waals surface area contributed by atoms with E-state index in [0.717, 1.165) is 17.9 Å². The maximum Gasteiger partial charge on any atom is 0.175 e. The number of halogens is 2. The lowest BCUT2D eigenvalue weighted by atomic mass is 10.3. The van der Waals surface area contributed by atoms with Crippen molar-refractivity contribution < 1.29 is 4.39 Å². The molecule has 2 N–H and O–H groups in total. The fourth-order valence-corrected chi connectivity index (χ4v) is 2.15. The fraction of sp³-hybridized carbons (Fsp3) is 0.231. The van der Waals surface area contributed by atoms with Crippen LogP contribution in [0.3, 0.4) is 0 Å². The highest BCUT2D eigenvalue weighted by Gasteiger charge is 2.07. The quantitative estimate of drug-likeness (QED) is 0.846. The number of hydrogen-bond acceptors (Lipinski definition) is 2. The minimum absolute atomic E-state index is 0.0489. The van der Waals surface area contributed by atoms with Crippen LogP contribution in [0.25, 0.3) is 0 Å². The van der Waals surface area contributed by atoms with Crippen molar-refractivity contribution in [3.05, 3.63) is 40.9 Å². The van der Waals surface area contributed by atoms with Gasteiger partial charge in [-0.15, -0.1) is 0 Å². The molecule has 0 aliphatic rings. The Bertz CT molecular complexity index is 641. The lowest BCUT2D eigenvalue weighted by Gasteiger charge is -2.10. The van der Waals surface area contributed by atoms with Crippen LogP contribution in [0.15, 0.2) is 24.4 Å². The monoisotopic (exact) mass is 312 g/mol. The highest BCUT2D eigenvalue weighted by Crippen LogP contribution is 2.20. The number of thiocarbonyl (C=S) groups is 1. The Labute approximate surface area is 126 Å². The minimum Gasteiger partial charge on any atom is -0.332 e. The number of aromatic nitrogens is 2. The van der Waals surface area contributed by atoms with E-state index in [2.05, 4.69) is 15.7 Å². The molecule has 0 saturated carbocycles. The number of benzene rings is 1. The van der Waals surface area contributed by atoms with Crippen LogP contribution in [-0.2, 0) is 6.54 Å². The lowest BCUT2D eigenvalue weighted by Crippen LogP contribution is -2.19. The van der Waals surface area contributed by atoms with Crippen LogP contribution in [0, 0.1) is 12.7 Å². The molecule has 1 heterocycles. The molecule has 0 atom stereocenters. The van der Waals surface area contributed by atoms with E-state index < -0.39 is 5.82 Å². The second-order valence-corrected chi connectivity index (χ2v) is 4.98. The summed E-state index contributed by atoms with van der Waals surface area (Å²) in [6, 6.07) is 4.33. The van der Waals surface area contributed by atoms with Gasteiger partial charge in [0.05, 0.1) is 22.6 Å². The third-order valence-electron chi connectivity index (χ3n) is 2.83. The standard InChI is InChI=1S/C13H14ClFN4S/c1-3-19-8(2)12(7-16-19)18-13(20)17-9-4-5-11(15)10(14)6-9/h4-7H,3H2,1-2H3,(H2,17,18,20). The van der Waals surface area contributed by atoms with E-state index in [1.807, 2.05) is 18.5 Å². The Balaban J connectivity index is 2.05. The van der Waals surface area contributed by atoms with Gasteiger partial charge in [0.15, 0.2) is 5.11 Å². The van der Waals surface area contributed by atoms with Gasteiger partial charge in [-0.25, -0.2) is 4.39 Å². The highest BCUT2D eigenvalue weighted by atomic mass is 35.5. The van der Waals surface area contributed by atoms with Gasteiger partial charge in [-0.05, 0) is 44.3 Å². The number of anilines is 2. The minimum atomic E-state index is -0.462.